The van der Waals surface area contributed by atoms with Crippen LogP contribution in [0, 0.1) is 17.0 Å². The van der Waals surface area contributed by atoms with Crippen molar-refractivity contribution in [3.63, 3.8) is 0 Å². The van der Waals surface area contributed by atoms with Gasteiger partial charge in [-0.1, -0.05) is 90.1 Å². The number of nitro benzene ring substituents is 1. The van der Waals surface area contributed by atoms with Gasteiger partial charge in [0.2, 0.25) is 0 Å². The Morgan fingerprint density at radius 3 is 2.05 bits per heavy atom. The molecule has 1 aliphatic rings. The topological polar surface area (TPSA) is 110 Å². The molecule has 4 aromatic carbocycles. The zero-order valence-electron chi connectivity index (χ0n) is 20.7. The molecule has 0 unspecified atom stereocenters. The molecule has 0 bridgehead atoms. The molecule has 10 heteroatoms. The first kappa shape index (κ1) is 26.3. The zero-order chi connectivity index (χ0) is 27.6. The van der Waals surface area contributed by atoms with Crippen molar-refractivity contribution in [3.8, 4) is 0 Å². The van der Waals surface area contributed by atoms with Crippen molar-refractivity contribution >= 4 is 44.1 Å². The van der Waals surface area contributed by atoms with Gasteiger partial charge in [0.25, 0.3) is 15.7 Å². The van der Waals surface area contributed by atoms with Crippen LogP contribution in [0.25, 0.3) is 0 Å². The number of hydrogen-bond acceptors (Lipinski definition) is 6. The summed E-state index contributed by atoms with van der Waals surface area (Å²) in [5, 5.41) is 10.5. The summed E-state index contributed by atoms with van der Waals surface area (Å²) in [5.74, 6) is -0.148. The number of para-hydroxylation sites is 1. The first-order valence-electron chi connectivity index (χ1n) is 12.0. The maximum Gasteiger partial charge on any atom is 0.284 e. The molecule has 0 spiro atoms. The number of benzene rings is 4. The summed E-state index contributed by atoms with van der Waals surface area (Å²) in [4.78, 5) is 25.9. The van der Waals surface area contributed by atoms with E-state index in [9.17, 15) is 23.3 Å². The van der Waals surface area contributed by atoms with E-state index in [0.29, 0.717) is 11.3 Å². The summed E-state index contributed by atoms with van der Waals surface area (Å²) < 4.78 is 31.0. The van der Waals surface area contributed by atoms with Gasteiger partial charge >= 0.3 is 0 Å². The number of sulfonamides is 1. The average Bonchev–Trinajstić information content (AvgIpc) is 3.32. The zero-order valence-corrected chi connectivity index (χ0v) is 22.4. The monoisotopic (exact) mass is 557 g/mol. The van der Waals surface area contributed by atoms with Crippen molar-refractivity contribution in [1.29, 1.82) is 0 Å². The Kier molecular flexibility index (Phi) is 7.32. The summed E-state index contributed by atoms with van der Waals surface area (Å²) in [6.07, 6.45) is 0. The van der Waals surface area contributed by atoms with Crippen LogP contribution in [0.5, 0.6) is 0 Å². The van der Waals surface area contributed by atoms with E-state index in [0.717, 1.165) is 47.2 Å². The lowest BCUT2D eigenvalue weighted by atomic mass is 9.95. The molecule has 1 heterocycles. The number of non-ortho nitro benzene ring substituents is 1. The Labute approximate surface area is 230 Å². The minimum Gasteiger partial charge on any atom is -0.311 e. The molecule has 1 aliphatic heterocycles. The van der Waals surface area contributed by atoms with E-state index in [1.807, 2.05) is 67.6 Å². The number of carbonyl (C=O) groups excluding carboxylic acids is 1. The number of aryl methyl sites for hydroxylation is 1. The third-order valence-electron chi connectivity index (χ3n) is 6.32. The number of carbonyl (C=O) groups is 1. The van der Waals surface area contributed by atoms with Crippen LogP contribution in [0.4, 0.5) is 11.4 Å². The first-order chi connectivity index (χ1) is 18.7. The van der Waals surface area contributed by atoms with Crippen molar-refractivity contribution in [3.05, 3.63) is 136 Å². The molecular formula is C29H23N3O5S2. The number of hydrogen-bond donors (Lipinski definition) is 0. The normalized spacial score (nSPS) is 18.3. The Morgan fingerprint density at radius 2 is 1.46 bits per heavy atom. The summed E-state index contributed by atoms with van der Waals surface area (Å²) in [6, 6.07) is 29.9. The lowest BCUT2D eigenvalue weighted by molar-refractivity contribution is -0.384. The van der Waals surface area contributed by atoms with Crippen molar-refractivity contribution in [2.75, 3.05) is 4.90 Å². The van der Waals surface area contributed by atoms with Crippen LogP contribution in [-0.2, 0) is 10.0 Å². The van der Waals surface area contributed by atoms with Crippen molar-refractivity contribution in [1.82, 2.24) is 0 Å². The molecule has 0 saturated carbocycles. The maximum atomic E-state index is 13.8. The molecule has 0 amide bonds. The van der Waals surface area contributed by atoms with E-state index in [1.165, 1.54) is 0 Å². The van der Waals surface area contributed by atoms with Gasteiger partial charge in [-0.3, -0.25) is 14.9 Å². The molecule has 0 aromatic heterocycles. The molecule has 1 fully saturated rings. The third kappa shape index (κ3) is 5.47. The third-order valence-corrected chi connectivity index (χ3v) is 8.94. The first-order valence-corrected chi connectivity index (χ1v) is 14.3. The molecular weight excluding hydrogens is 534 g/mol. The largest absolute Gasteiger partial charge is 0.311 e. The Balaban J connectivity index is 1.66. The predicted molar refractivity (Wildman–Crippen MR) is 153 cm³/mol. The molecule has 196 valence electrons. The summed E-state index contributed by atoms with van der Waals surface area (Å²) in [5.41, 5.74) is 2.85. The highest BCUT2D eigenvalue weighted by atomic mass is 32.2. The van der Waals surface area contributed by atoms with Crippen LogP contribution >= 0.6 is 11.8 Å². The quantitative estimate of drug-likeness (QED) is 0.151. The molecule has 5 rings (SSSR count). The van der Waals surface area contributed by atoms with Crippen molar-refractivity contribution in [2.45, 2.75) is 23.1 Å². The van der Waals surface area contributed by atoms with Gasteiger partial charge < -0.3 is 4.90 Å². The molecule has 0 radical (unpaired) electrons. The van der Waals surface area contributed by atoms with Crippen molar-refractivity contribution < 1.29 is 18.1 Å². The number of amidine groups is 1. The highest BCUT2D eigenvalue weighted by Gasteiger charge is 2.46. The number of thioether (sulfide) groups is 1. The molecule has 39 heavy (non-hydrogen) atoms. The molecule has 4 aromatic rings. The van der Waals surface area contributed by atoms with E-state index in [-0.39, 0.29) is 21.5 Å². The number of rotatable bonds is 7. The second-order valence-corrected chi connectivity index (χ2v) is 11.6. The van der Waals surface area contributed by atoms with Gasteiger partial charge in [-0.2, -0.15) is 8.42 Å². The number of anilines is 1. The fourth-order valence-electron chi connectivity index (χ4n) is 4.36. The van der Waals surface area contributed by atoms with Gasteiger partial charge in [-0.05, 0) is 36.8 Å². The molecule has 1 saturated heterocycles. The number of Topliss-reactive ketones (excluding diaryl/α,β-unsaturated/α-hetero) is 1. The van der Waals surface area contributed by atoms with Gasteiger partial charge in [0.1, 0.15) is 5.25 Å². The summed E-state index contributed by atoms with van der Waals surface area (Å²) in [7, 11) is -4.26. The number of nitrogens with zero attached hydrogens (tertiary/aromatic N) is 3. The predicted octanol–water partition coefficient (Wildman–Crippen LogP) is 6.19. The van der Waals surface area contributed by atoms with E-state index >= 15 is 0 Å². The average molecular weight is 558 g/mol. The van der Waals surface area contributed by atoms with Crippen LogP contribution in [0.3, 0.4) is 0 Å². The van der Waals surface area contributed by atoms with Gasteiger partial charge in [-0.25, -0.2) is 0 Å². The molecule has 0 N–H and O–H groups in total. The summed E-state index contributed by atoms with van der Waals surface area (Å²) >= 11 is 1.09. The van der Waals surface area contributed by atoms with E-state index in [1.54, 1.807) is 29.2 Å². The standard InChI is InChI=1S/C29H23N3O5S2/c1-20-12-14-21(15-13-20)26-28(27(33)22-8-4-2-5-9-22)38-29(31(26)23-10-6-3-7-11-23)30-39(36,37)25-18-16-24(17-19-25)32(34)35/h2-19,26,28H,1H3/b30-29+/t26-,28+/m0/s1. The van der Waals surface area contributed by atoms with Crippen molar-refractivity contribution in [2.24, 2.45) is 4.40 Å². The molecule has 8 nitrogen and oxygen atoms in total. The van der Waals surface area contributed by atoms with Crippen LogP contribution in [0.2, 0.25) is 0 Å². The van der Waals surface area contributed by atoms with Crippen LogP contribution in [0.1, 0.15) is 27.5 Å². The van der Waals surface area contributed by atoms with Gasteiger partial charge in [0.15, 0.2) is 11.0 Å². The van der Waals surface area contributed by atoms with Crippen LogP contribution in [-0.4, -0.2) is 29.5 Å². The Bertz CT molecular complexity index is 1640. The minimum absolute atomic E-state index is 0.138. The van der Waals surface area contributed by atoms with Crippen LogP contribution in [0.15, 0.2) is 118 Å². The SMILES string of the molecule is Cc1ccc([C@H]2[C@H](C(=O)c3ccccc3)S/C(=N/S(=O)(=O)c3ccc([N+](=O)[O-])cc3)N2c2ccccc2)cc1. The van der Waals surface area contributed by atoms with E-state index in [2.05, 4.69) is 4.40 Å². The van der Waals surface area contributed by atoms with Gasteiger partial charge in [0.05, 0.1) is 15.9 Å². The smallest absolute Gasteiger partial charge is 0.284 e. The lowest BCUT2D eigenvalue weighted by Crippen LogP contribution is -2.33. The fraction of sp³-hybridized carbons (Fsp3) is 0.103. The Hall–Kier alpha value is -4.28. The fourth-order valence-corrected chi connectivity index (χ4v) is 6.92. The van der Waals surface area contributed by atoms with Gasteiger partial charge in [0, 0.05) is 23.4 Å². The second kappa shape index (κ2) is 10.8. The maximum absolute atomic E-state index is 13.8. The summed E-state index contributed by atoms with van der Waals surface area (Å²) in [6.45, 7) is 1.97. The number of ketones is 1. The lowest BCUT2D eigenvalue weighted by Gasteiger charge is -2.28. The van der Waals surface area contributed by atoms with Crippen LogP contribution < -0.4 is 4.90 Å². The highest BCUT2D eigenvalue weighted by molar-refractivity contribution is 8.16. The van der Waals surface area contributed by atoms with Gasteiger partial charge in [-0.15, -0.1) is 4.40 Å². The Morgan fingerprint density at radius 1 is 0.872 bits per heavy atom. The molecule has 0 aliphatic carbocycles. The van der Waals surface area contributed by atoms with E-state index in [4.69, 9.17) is 0 Å². The second-order valence-electron chi connectivity index (χ2n) is 8.93. The van der Waals surface area contributed by atoms with E-state index < -0.39 is 26.2 Å². The minimum atomic E-state index is -4.26. The highest BCUT2D eigenvalue weighted by Crippen LogP contribution is 2.46. The number of nitro groups is 1. The molecule has 2 atom stereocenters.